The molecule has 1 fully saturated rings. The second kappa shape index (κ2) is 7.90. The Morgan fingerprint density at radius 2 is 2.06 bits per heavy atom. The maximum Gasteiger partial charge on any atom is 0.257 e. The number of imidazole rings is 1. The predicted molar refractivity (Wildman–Crippen MR) is 122 cm³/mol. The molecule has 160 valence electrons. The number of carbonyl (C=O) groups is 1. The summed E-state index contributed by atoms with van der Waals surface area (Å²) in [4.78, 5) is 28.8. The van der Waals surface area contributed by atoms with Crippen molar-refractivity contribution < 1.29 is 4.79 Å². The van der Waals surface area contributed by atoms with Gasteiger partial charge in [0.15, 0.2) is 5.65 Å². The molecular formula is C23H22N8O. The predicted octanol–water partition coefficient (Wildman–Crippen LogP) is 2.51. The zero-order valence-corrected chi connectivity index (χ0v) is 17.8. The molecule has 9 heteroatoms. The molecule has 0 spiro atoms. The summed E-state index contributed by atoms with van der Waals surface area (Å²) < 4.78 is 1.75. The zero-order chi connectivity index (χ0) is 22.2. The number of hydrogen-bond acceptors (Lipinski definition) is 7. The van der Waals surface area contributed by atoms with E-state index < -0.39 is 0 Å². The lowest BCUT2D eigenvalue weighted by molar-refractivity contribution is 0.102. The molecule has 3 aromatic heterocycles. The monoisotopic (exact) mass is 426 g/mol. The Kier molecular flexibility index (Phi) is 4.92. The number of nitrogens with zero attached hydrogens (tertiary/aromatic N) is 6. The first-order chi connectivity index (χ1) is 15.5. The number of amides is 1. The van der Waals surface area contributed by atoms with Crippen LogP contribution < -0.4 is 15.5 Å². The van der Waals surface area contributed by atoms with Gasteiger partial charge in [0, 0.05) is 50.5 Å². The lowest BCUT2D eigenvalue weighted by Gasteiger charge is -2.34. The number of benzene rings is 1. The van der Waals surface area contributed by atoms with Crippen molar-refractivity contribution in [2.24, 2.45) is 0 Å². The molecule has 2 N–H and O–H groups in total. The third kappa shape index (κ3) is 3.50. The average Bonchev–Trinajstić information content (AvgIpc) is 3.17. The molecule has 32 heavy (non-hydrogen) atoms. The topological polar surface area (TPSA) is 111 Å². The van der Waals surface area contributed by atoms with E-state index in [1.807, 2.05) is 19.2 Å². The zero-order valence-electron chi connectivity index (χ0n) is 17.8. The number of fused-ring (bicyclic) bond motifs is 2. The molecule has 1 unspecified atom stereocenters. The molecule has 1 aliphatic heterocycles. The highest BCUT2D eigenvalue weighted by Gasteiger charge is 2.21. The van der Waals surface area contributed by atoms with Crippen LogP contribution >= 0.6 is 0 Å². The summed E-state index contributed by atoms with van der Waals surface area (Å²) in [5.41, 5.74) is 4.91. The average molecular weight is 426 g/mol. The molecule has 1 amide bonds. The van der Waals surface area contributed by atoms with Gasteiger partial charge in [-0.3, -0.25) is 14.8 Å². The van der Waals surface area contributed by atoms with Crippen LogP contribution in [0.1, 0.15) is 28.5 Å². The van der Waals surface area contributed by atoms with Crippen molar-refractivity contribution >= 4 is 34.0 Å². The lowest BCUT2D eigenvalue weighted by Crippen LogP contribution is -2.49. The molecule has 4 aromatic rings. The van der Waals surface area contributed by atoms with Crippen molar-refractivity contribution in [1.29, 1.82) is 5.26 Å². The molecule has 0 saturated carbocycles. The number of rotatable bonds is 3. The van der Waals surface area contributed by atoms with Gasteiger partial charge in [-0.05, 0) is 32.0 Å². The van der Waals surface area contributed by atoms with Gasteiger partial charge in [0.2, 0.25) is 0 Å². The van der Waals surface area contributed by atoms with Crippen LogP contribution in [-0.4, -0.2) is 50.9 Å². The van der Waals surface area contributed by atoms with Crippen LogP contribution in [0.4, 0.5) is 11.4 Å². The first kappa shape index (κ1) is 19.9. The minimum Gasteiger partial charge on any atom is -0.367 e. The van der Waals surface area contributed by atoms with E-state index in [2.05, 4.69) is 43.5 Å². The number of aryl methyl sites for hydroxylation is 1. The van der Waals surface area contributed by atoms with Gasteiger partial charge >= 0.3 is 0 Å². The van der Waals surface area contributed by atoms with Crippen LogP contribution in [0.15, 0.2) is 43.0 Å². The lowest BCUT2D eigenvalue weighted by atomic mass is 10.1. The molecule has 0 bridgehead atoms. The molecule has 1 aromatic carbocycles. The minimum absolute atomic E-state index is 0.309. The fraction of sp³-hybridized carbons (Fsp3) is 0.261. The Labute approximate surface area is 184 Å². The number of nitrogens with one attached hydrogen (secondary N) is 2. The van der Waals surface area contributed by atoms with Crippen LogP contribution in [0, 0.1) is 18.3 Å². The third-order valence-electron chi connectivity index (χ3n) is 5.61. The molecule has 1 aliphatic rings. The Morgan fingerprint density at radius 3 is 2.84 bits per heavy atom. The van der Waals surface area contributed by atoms with Crippen molar-refractivity contribution in [1.82, 2.24) is 24.7 Å². The van der Waals surface area contributed by atoms with E-state index >= 15 is 0 Å². The van der Waals surface area contributed by atoms with Crippen molar-refractivity contribution in [3.8, 4) is 6.07 Å². The molecular weight excluding hydrogens is 404 g/mol. The number of aromatic nitrogens is 4. The van der Waals surface area contributed by atoms with Crippen LogP contribution in [0.25, 0.3) is 16.7 Å². The SMILES string of the molecule is Cc1cn2cc(NC(=O)c3ccc(N4CCNC(C)C4)c4nccnc34)cc(C#N)c2n1. The van der Waals surface area contributed by atoms with E-state index in [0.717, 1.165) is 31.0 Å². The summed E-state index contributed by atoms with van der Waals surface area (Å²) >= 11 is 0. The summed E-state index contributed by atoms with van der Waals surface area (Å²) in [6.45, 7) is 6.62. The summed E-state index contributed by atoms with van der Waals surface area (Å²) in [5, 5.41) is 15.8. The van der Waals surface area contributed by atoms with E-state index in [-0.39, 0.29) is 5.91 Å². The van der Waals surface area contributed by atoms with E-state index in [4.69, 9.17) is 0 Å². The highest BCUT2D eigenvalue weighted by atomic mass is 16.1. The maximum absolute atomic E-state index is 13.2. The quantitative estimate of drug-likeness (QED) is 0.518. The van der Waals surface area contributed by atoms with E-state index in [9.17, 15) is 10.1 Å². The van der Waals surface area contributed by atoms with Crippen molar-refractivity contribution in [2.45, 2.75) is 19.9 Å². The molecule has 9 nitrogen and oxygen atoms in total. The minimum atomic E-state index is -0.309. The highest BCUT2D eigenvalue weighted by Crippen LogP contribution is 2.28. The maximum atomic E-state index is 13.2. The molecule has 0 aliphatic carbocycles. The number of pyridine rings is 1. The fourth-order valence-electron chi connectivity index (χ4n) is 4.20. The van der Waals surface area contributed by atoms with Gasteiger partial charge in [-0.1, -0.05) is 0 Å². The standard InChI is InChI=1S/C23H22N8O/c1-14-11-30(8-7-25-14)19-4-3-18(20-21(19)27-6-5-26-20)23(32)29-17-9-16(10-24)22-28-15(2)12-31(22)13-17/h3-6,9,12-14,25H,7-8,11H2,1-2H3,(H,29,32). The van der Waals surface area contributed by atoms with Gasteiger partial charge in [-0.25, -0.2) is 4.98 Å². The van der Waals surface area contributed by atoms with Crippen molar-refractivity contribution in [3.63, 3.8) is 0 Å². The second-order valence-electron chi connectivity index (χ2n) is 8.01. The number of carbonyl (C=O) groups excluding carboxylic acids is 1. The Balaban J connectivity index is 1.51. The summed E-state index contributed by atoms with van der Waals surface area (Å²) in [6.07, 6.45) is 6.80. The van der Waals surface area contributed by atoms with Crippen LogP contribution in [0.5, 0.6) is 0 Å². The number of anilines is 2. The van der Waals surface area contributed by atoms with Gasteiger partial charge in [0.05, 0.1) is 28.2 Å². The largest absolute Gasteiger partial charge is 0.367 e. The molecule has 5 rings (SSSR count). The van der Waals surface area contributed by atoms with Crippen LogP contribution in [-0.2, 0) is 0 Å². The third-order valence-corrected chi connectivity index (χ3v) is 5.61. The van der Waals surface area contributed by atoms with Gasteiger partial charge in [-0.15, -0.1) is 0 Å². The second-order valence-corrected chi connectivity index (χ2v) is 8.01. The first-order valence-electron chi connectivity index (χ1n) is 10.5. The van der Waals surface area contributed by atoms with Crippen molar-refractivity contribution in [2.75, 3.05) is 29.9 Å². The summed E-state index contributed by atoms with van der Waals surface area (Å²) in [6, 6.07) is 7.87. The molecule has 0 radical (unpaired) electrons. The van der Waals surface area contributed by atoms with E-state index in [1.165, 1.54) is 0 Å². The van der Waals surface area contributed by atoms with Gasteiger partial charge in [0.25, 0.3) is 5.91 Å². The Bertz CT molecular complexity index is 1390. The molecule has 1 saturated heterocycles. The van der Waals surface area contributed by atoms with Gasteiger partial charge < -0.3 is 19.9 Å². The summed E-state index contributed by atoms with van der Waals surface area (Å²) in [5.74, 6) is -0.309. The molecule has 1 atom stereocenters. The highest BCUT2D eigenvalue weighted by molar-refractivity contribution is 6.13. The normalized spacial score (nSPS) is 16.3. The van der Waals surface area contributed by atoms with E-state index in [1.54, 1.807) is 35.1 Å². The summed E-state index contributed by atoms with van der Waals surface area (Å²) in [7, 11) is 0. The first-order valence-corrected chi connectivity index (χ1v) is 10.5. The smallest absolute Gasteiger partial charge is 0.257 e. The Hall–Kier alpha value is -4.03. The van der Waals surface area contributed by atoms with E-state index in [0.29, 0.717) is 39.5 Å². The fourth-order valence-corrected chi connectivity index (χ4v) is 4.20. The van der Waals surface area contributed by atoms with Crippen LogP contribution in [0.3, 0.4) is 0 Å². The number of nitriles is 1. The van der Waals surface area contributed by atoms with Gasteiger partial charge in [0.1, 0.15) is 17.1 Å². The number of piperazine rings is 1. The molecule has 4 heterocycles. The van der Waals surface area contributed by atoms with Crippen molar-refractivity contribution in [3.05, 3.63) is 59.8 Å². The van der Waals surface area contributed by atoms with Crippen LogP contribution in [0.2, 0.25) is 0 Å². The van der Waals surface area contributed by atoms with Gasteiger partial charge in [-0.2, -0.15) is 5.26 Å². The number of hydrogen-bond donors (Lipinski definition) is 2. The Morgan fingerprint density at radius 1 is 1.25 bits per heavy atom.